The van der Waals surface area contributed by atoms with E-state index in [9.17, 15) is 0 Å². The lowest BCUT2D eigenvalue weighted by Crippen LogP contribution is -2.06. The Kier molecular flexibility index (Phi) is 3.40. The average Bonchev–Trinajstić information content (AvgIpc) is 2.96. The molecule has 2 aromatic heterocycles. The minimum absolute atomic E-state index is 0.248. The SMILES string of the molecule is CC(Nc1ccc(Cl)c2cccnc12)c1ccsc1. The summed E-state index contributed by atoms with van der Waals surface area (Å²) in [6, 6.07) is 10.2. The van der Waals surface area contributed by atoms with Gasteiger partial charge in [-0.25, -0.2) is 0 Å². The minimum Gasteiger partial charge on any atom is -0.377 e. The van der Waals surface area contributed by atoms with Crippen molar-refractivity contribution in [1.29, 1.82) is 0 Å². The van der Waals surface area contributed by atoms with Crippen molar-refractivity contribution >= 4 is 39.5 Å². The molecule has 2 nitrogen and oxygen atoms in total. The van der Waals surface area contributed by atoms with E-state index in [4.69, 9.17) is 11.6 Å². The van der Waals surface area contributed by atoms with Gasteiger partial charge in [-0.15, -0.1) is 0 Å². The van der Waals surface area contributed by atoms with Gasteiger partial charge in [0.2, 0.25) is 0 Å². The lowest BCUT2D eigenvalue weighted by molar-refractivity contribution is 0.892. The minimum atomic E-state index is 0.248. The molecule has 0 fully saturated rings. The summed E-state index contributed by atoms with van der Waals surface area (Å²) in [6.07, 6.45) is 1.79. The summed E-state index contributed by atoms with van der Waals surface area (Å²) in [6.45, 7) is 2.14. The molecule has 3 rings (SSSR count). The summed E-state index contributed by atoms with van der Waals surface area (Å²) in [5.74, 6) is 0. The van der Waals surface area contributed by atoms with Gasteiger partial charge in [0.1, 0.15) is 0 Å². The second kappa shape index (κ2) is 5.19. The van der Waals surface area contributed by atoms with Crippen molar-refractivity contribution in [2.75, 3.05) is 5.32 Å². The molecular weight excluding hydrogens is 276 g/mol. The third-order valence-corrected chi connectivity index (χ3v) is 4.16. The largest absolute Gasteiger partial charge is 0.377 e. The van der Waals surface area contributed by atoms with Crippen LogP contribution in [0, 0.1) is 0 Å². The Morgan fingerprint density at radius 2 is 2.16 bits per heavy atom. The molecule has 0 bridgehead atoms. The predicted molar refractivity (Wildman–Crippen MR) is 83.1 cm³/mol. The van der Waals surface area contributed by atoms with Crippen LogP contribution in [0.25, 0.3) is 10.9 Å². The monoisotopic (exact) mass is 288 g/mol. The van der Waals surface area contributed by atoms with Gasteiger partial charge < -0.3 is 5.32 Å². The van der Waals surface area contributed by atoms with Crippen molar-refractivity contribution in [2.24, 2.45) is 0 Å². The van der Waals surface area contributed by atoms with Gasteiger partial charge in [0.15, 0.2) is 0 Å². The molecule has 3 aromatic rings. The Morgan fingerprint density at radius 1 is 1.26 bits per heavy atom. The zero-order valence-electron chi connectivity index (χ0n) is 10.4. The predicted octanol–water partition coefficient (Wildman–Crippen LogP) is 5.12. The van der Waals surface area contributed by atoms with Crippen molar-refractivity contribution in [1.82, 2.24) is 4.98 Å². The summed E-state index contributed by atoms with van der Waals surface area (Å²) in [5, 5.41) is 9.46. The van der Waals surface area contributed by atoms with Gasteiger partial charge in [0.25, 0.3) is 0 Å². The molecule has 19 heavy (non-hydrogen) atoms. The Morgan fingerprint density at radius 3 is 2.95 bits per heavy atom. The number of benzene rings is 1. The first-order chi connectivity index (χ1) is 9.25. The quantitative estimate of drug-likeness (QED) is 0.723. The summed E-state index contributed by atoms with van der Waals surface area (Å²) in [4.78, 5) is 4.43. The van der Waals surface area contributed by atoms with Gasteiger partial charge in [-0.3, -0.25) is 4.98 Å². The van der Waals surface area contributed by atoms with Crippen LogP contribution in [0.15, 0.2) is 47.3 Å². The first-order valence-corrected chi connectivity index (χ1v) is 7.39. The van der Waals surface area contributed by atoms with Gasteiger partial charge in [-0.05, 0) is 53.6 Å². The molecule has 0 saturated heterocycles. The number of hydrogen-bond donors (Lipinski definition) is 1. The molecule has 0 saturated carbocycles. The van der Waals surface area contributed by atoms with Crippen molar-refractivity contribution in [3.63, 3.8) is 0 Å². The number of anilines is 1. The van der Waals surface area contributed by atoms with Gasteiger partial charge in [0, 0.05) is 17.6 Å². The van der Waals surface area contributed by atoms with Crippen LogP contribution in [0.1, 0.15) is 18.5 Å². The molecule has 0 aliphatic carbocycles. The number of nitrogens with one attached hydrogen (secondary N) is 1. The highest BCUT2D eigenvalue weighted by atomic mass is 35.5. The number of hydrogen-bond acceptors (Lipinski definition) is 3. The Labute approximate surface area is 121 Å². The number of rotatable bonds is 3. The Balaban J connectivity index is 2.00. The topological polar surface area (TPSA) is 24.9 Å². The van der Waals surface area contributed by atoms with Crippen LogP contribution in [0.2, 0.25) is 5.02 Å². The second-order valence-electron chi connectivity index (χ2n) is 4.42. The van der Waals surface area contributed by atoms with Crippen LogP contribution in [0.5, 0.6) is 0 Å². The molecule has 0 spiro atoms. The molecule has 0 radical (unpaired) electrons. The third-order valence-electron chi connectivity index (χ3n) is 3.13. The highest BCUT2D eigenvalue weighted by molar-refractivity contribution is 7.08. The second-order valence-corrected chi connectivity index (χ2v) is 5.60. The van der Waals surface area contributed by atoms with Crippen molar-refractivity contribution in [3.8, 4) is 0 Å². The van der Waals surface area contributed by atoms with E-state index in [0.29, 0.717) is 0 Å². The van der Waals surface area contributed by atoms with E-state index in [0.717, 1.165) is 21.6 Å². The number of halogens is 1. The Bertz CT molecular complexity index is 694. The standard InChI is InChI=1S/C15H13ClN2S/c1-10(11-6-8-19-9-11)18-14-5-4-13(16)12-3-2-7-17-15(12)14/h2-10,18H,1H3. The lowest BCUT2D eigenvalue weighted by atomic mass is 10.1. The number of pyridine rings is 1. The molecule has 1 unspecified atom stereocenters. The van der Waals surface area contributed by atoms with Gasteiger partial charge in [-0.1, -0.05) is 11.6 Å². The van der Waals surface area contributed by atoms with Gasteiger partial charge in [-0.2, -0.15) is 11.3 Å². The number of nitrogens with zero attached hydrogens (tertiary/aromatic N) is 1. The molecule has 1 atom stereocenters. The molecule has 0 aliphatic rings. The van der Waals surface area contributed by atoms with E-state index in [1.54, 1.807) is 17.5 Å². The molecular formula is C15H13ClN2S. The van der Waals surface area contributed by atoms with E-state index in [-0.39, 0.29) is 6.04 Å². The van der Waals surface area contributed by atoms with Crippen molar-refractivity contribution in [2.45, 2.75) is 13.0 Å². The fourth-order valence-electron chi connectivity index (χ4n) is 2.09. The number of thiophene rings is 1. The highest BCUT2D eigenvalue weighted by Gasteiger charge is 2.10. The Hall–Kier alpha value is -1.58. The molecule has 4 heteroatoms. The average molecular weight is 289 g/mol. The maximum atomic E-state index is 6.20. The van der Waals surface area contributed by atoms with Crippen LogP contribution >= 0.6 is 22.9 Å². The van der Waals surface area contributed by atoms with E-state index >= 15 is 0 Å². The molecule has 1 aromatic carbocycles. The zero-order valence-corrected chi connectivity index (χ0v) is 12.0. The van der Waals surface area contributed by atoms with E-state index in [1.165, 1.54) is 5.56 Å². The molecule has 2 heterocycles. The number of aromatic nitrogens is 1. The molecule has 0 aliphatic heterocycles. The van der Waals surface area contributed by atoms with Crippen LogP contribution < -0.4 is 5.32 Å². The van der Waals surface area contributed by atoms with Crippen LogP contribution in [-0.4, -0.2) is 4.98 Å². The lowest BCUT2D eigenvalue weighted by Gasteiger charge is -2.16. The molecule has 96 valence electrons. The fourth-order valence-corrected chi connectivity index (χ4v) is 3.06. The van der Waals surface area contributed by atoms with E-state index in [2.05, 4.69) is 34.1 Å². The summed E-state index contributed by atoms with van der Waals surface area (Å²) < 4.78 is 0. The van der Waals surface area contributed by atoms with Crippen LogP contribution in [0.3, 0.4) is 0 Å². The smallest absolute Gasteiger partial charge is 0.0948 e. The maximum absolute atomic E-state index is 6.20. The molecule has 1 N–H and O–H groups in total. The fraction of sp³-hybridized carbons (Fsp3) is 0.133. The van der Waals surface area contributed by atoms with Crippen LogP contribution in [-0.2, 0) is 0 Å². The van der Waals surface area contributed by atoms with Crippen molar-refractivity contribution in [3.05, 3.63) is 57.9 Å². The van der Waals surface area contributed by atoms with Gasteiger partial charge in [0.05, 0.1) is 16.2 Å². The van der Waals surface area contributed by atoms with E-state index < -0.39 is 0 Å². The van der Waals surface area contributed by atoms with E-state index in [1.807, 2.05) is 24.3 Å². The third kappa shape index (κ3) is 2.44. The number of fused-ring (bicyclic) bond motifs is 1. The first kappa shape index (κ1) is 12.5. The molecule has 0 amide bonds. The first-order valence-electron chi connectivity index (χ1n) is 6.07. The summed E-state index contributed by atoms with van der Waals surface area (Å²) in [5.41, 5.74) is 3.21. The summed E-state index contributed by atoms with van der Waals surface area (Å²) >= 11 is 7.91. The van der Waals surface area contributed by atoms with Crippen LogP contribution in [0.4, 0.5) is 5.69 Å². The van der Waals surface area contributed by atoms with Gasteiger partial charge >= 0.3 is 0 Å². The zero-order chi connectivity index (χ0) is 13.2. The summed E-state index contributed by atoms with van der Waals surface area (Å²) in [7, 11) is 0. The highest BCUT2D eigenvalue weighted by Crippen LogP contribution is 2.30. The normalized spacial score (nSPS) is 12.5. The maximum Gasteiger partial charge on any atom is 0.0948 e. The van der Waals surface area contributed by atoms with Crippen molar-refractivity contribution < 1.29 is 0 Å².